The summed E-state index contributed by atoms with van der Waals surface area (Å²) < 4.78 is 16.1. The molecule has 0 aliphatic carbocycles. The standard InChI is InChI=1S/C26H22N2O5/c1-2-3-16-31-22-11-9-21(10-12-22)28-27-20-7-4-18(5-8-20)26(30)32-23-13-14-24-19(17-23)6-15-25(29)33-24/h4-15,17H,2-3,16H2,1H3. The predicted octanol–water partition coefficient (Wildman–Crippen LogP) is 6.61. The quantitative estimate of drug-likeness (QED) is 0.101. The zero-order chi connectivity index (χ0) is 23.0. The third-order valence-corrected chi connectivity index (χ3v) is 4.79. The zero-order valence-electron chi connectivity index (χ0n) is 18.1. The molecule has 0 bridgehead atoms. The molecule has 0 aliphatic heterocycles. The highest BCUT2D eigenvalue weighted by Gasteiger charge is 2.10. The molecule has 0 amide bonds. The molecular formula is C26H22N2O5. The molecule has 0 fully saturated rings. The average Bonchev–Trinajstić information content (AvgIpc) is 2.84. The Bertz CT molecular complexity index is 1330. The van der Waals surface area contributed by atoms with Gasteiger partial charge >= 0.3 is 11.6 Å². The smallest absolute Gasteiger partial charge is 0.343 e. The van der Waals surface area contributed by atoms with Crippen LogP contribution in [-0.4, -0.2) is 12.6 Å². The molecular weight excluding hydrogens is 420 g/mol. The number of hydrogen-bond acceptors (Lipinski definition) is 7. The molecule has 0 atom stereocenters. The van der Waals surface area contributed by atoms with Crippen molar-refractivity contribution in [1.29, 1.82) is 0 Å². The van der Waals surface area contributed by atoms with E-state index in [1.807, 2.05) is 24.3 Å². The van der Waals surface area contributed by atoms with E-state index >= 15 is 0 Å². The molecule has 166 valence electrons. The van der Waals surface area contributed by atoms with Crippen LogP contribution in [0.5, 0.6) is 11.5 Å². The topological polar surface area (TPSA) is 90.5 Å². The molecule has 0 saturated carbocycles. The Labute approximate surface area is 190 Å². The number of rotatable bonds is 8. The van der Waals surface area contributed by atoms with E-state index in [0.717, 1.165) is 18.6 Å². The Hall–Kier alpha value is -4.26. The van der Waals surface area contributed by atoms with E-state index in [2.05, 4.69) is 17.2 Å². The second kappa shape index (κ2) is 10.4. The number of ether oxygens (including phenoxy) is 2. The van der Waals surface area contributed by atoms with Crippen LogP contribution in [0.4, 0.5) is 11.4 Å². The van der Waals surface area contributed by atoms with Crippen LogP contribution in [0.15, 0.2) is 98.3 Å². The van der Waals surface area contributed by atoms with Crippen molar-refractivity contribution in [3.05, 3.63) is 94.8 Å². The number of benzene rings is 3. The Balaban J connectivity index is 1.37. The lowest BCUT2D eigenvalue weighted by molar-refractivity contribution is 0.0735. The Kier molecular flexibility index (Phi) is 6.90. The number of azo groups is 1. The van der Waals surface area contributed by atoms with Crippen molar-refractivity contribution in [2.75, 3.05) is 6.61 Å². The first-order chi connectivity index (χ1) is 16.1. The molecule has 0 radical (unpaired) electrons. The summed E-state index contributed by atoms with van der Waals surface area (Å²) in [5, 5.41) is 9.08. The van der Waals surface area contributed by atoms with Gasteiger partial charge < -0.3 is 13.9 Å². The van der Waals surface area contributed by atoms with Crippen molar-refractivity contribution in [3.63, 3.8) is 0 Å². The molecule has 0 aliphatic rings. The third-order valence-electron chi connectivity index (χ3n) is 4.79. The summed E-state index contributed by atoms with van der Waals surface area (Å²) in [7, 11) is 0. The summed E-state index contributed by atoms with van der Waals surface area (Å²) in [6.07, 6.45) is 2.11. The molecule has 7 heteroatoms. The van der Waals surface area contributed by atoms with Crippen molar-refractivity contribution in [3.8, 4) is 11.5 Å². The Morgan fingerprint density at radius 3 is 2.21 bits per heavy atom. The van der Waals surface area contributed by atoms with E-state index in [4.69, 9.17) is 13.9 Å². The predicted molar refractivity (Wildman–Crippen MR) is 125 cm³/mol. The van der Waals surface area contributed by atoms with Crippen LogP contribution in [-0.2, 0) is 0 Å². The maximum atomic E-state index is 12.5. The molecule has 4 aromatic rings. The lowest BCUT2D eigenvalue weighted by Gasteiger charge is -2.05. The van der Waals surface area contributed by atoms with Crippen molar-refractivity contribution in [2.45, 2.75) is 19.8 Å². The molecule has 1 heterocycles. The van der Waals surface area contributed by atoms with Gasteiger partial charge in [-0.15, -0.1) is 0 Å². The van der Waals surface area contributed by atoms with E-state index in [1.165, 1.54) is 6.07 Å². The molecule has 0 N–H and O–H groups in total. The number of nitrogens with zero attached hydrogens (tertiary/aromatic N) is 2. The molecule has 0 spiro atoms. The first-order valence-corrected chi connectivity index (χ1v) is 10.6. The molecule has 7 nitrogen and oxygen atoms in total. The van der Waals surface area contributed by atoms with Crippen molar-refractivity contribution >= 4 is 28.3 Å². The maximum absolute atomic E-state index is 12.5. The number of esters is 1. The number of carbonyl (C=O) groups excluding carboxylic acids is 1. The lowest BCUT2D eigenvalue weighted by atomic mass is 10.2. The summed E-state index contributed by atoms with van der Waals surface area (Å²) in [6.45, 7) is 2.82. The summed E-state index contributed by atoms with van der Waals surface area (Å²) in [6, 6.07) is 21.8. The molecule has 0 unspecified atom stereocenters. The van der Waals surface area contributed by atoms with Gasteiger partial charge in [-0.2, -0.15) is 10.2 Å². The second-order valence-electron chi connectivity index (χ2n) is 7.29. The molecule has 33 heavy (non-hydrogen) atoms. The second-order valence-corrected chi connectivity index (χ2v) is 7.29. The van der Waals surface area contributed by atoms with Crippen LogP contribution in [0.1, 0.15) is 30.1 Å². The van der Waals surface area contributed by atoms with E-state index in [0.29, 0.717) is 40.3 Å². The fraction of sp³-hybridized carbons (Fsp3) is 0.154. The SMILES string of the molecule is CCCCOc1ccc(N=Nc2ccc(C(=O)Oc3ccc4oc(=O)ccc4c3)cc2)cc1. The van der Waals surface area contributed by atoms with Crippen molar-refractivity contribution in [1.82, 2.24) is 0 Å². The summed E-state index contributed by atoms with van der Waals surface area (Å²) >= 11 is 0. The van der Waals surface area contributed by atoms with E-state index in [9.17, 15) is 9.59 Å². The Morgan fingerprint density at radius 1 is 0.848 bits per heavy atom. The lowest BCUT2D eigenvalue weighted by Crippen LogP contribution is -2.08. The molecule has 4 rings (SSSR count). The van der Waals surface area contributed by atoms with Crippen LogP contribution in [0.2, 0.25) is 0 Å². The van der Waals surface area contributed by atoms with Crippen LogP contribution >= 0.6 is 0 Å². The number of hydrogen-bond donors (Lipinski definition) is 0. The van der Waals surface area contributed by atoms with Gasteiger partial charge in [0.15, 0.2) is 0 Å². The highest BCUT2D eigenvalue weighted by atomic mass is 16.5. The third kappa shape index (κ3) is 5.92. The van der Waals surface area contributed by atoms with Gasteiger partial charge in [0.1, 0.15) is 17.1 Å². The fourth-order valence-corrected chi connectivity index (χ4v) is 3.00. The van der Waals surface area contributed by atoms with E-state index in [-0.39, 0.29) is 0 Å². The van der Waals surface area contributed by atoms with Crippen molar-refractivity contribution < 1.29 is 18.7 Å². The summed E-state index contributed by atoms with van der Waals surface area (Å²) in [5.41, 5.74) is 1.68. The highest BCUT2D eigenvalue weighted by molar-refractivity contribution is 5.92. The minimum Gasteiger partial charge on any atom is -0.494 e. The monoisotopic (exact) mass is 442 g/mol. The van der Waals surface area contributed by atoms with Crippen molar-refractivity contribution in [2.24, 2.45) is 10.2 Å². The first kappa shape index (κ1) is 22.0. The molecule has 0 saturated heterocycles. The largest absolute Gasteiger partial charge is 0.494 e. The van der Waals surface area contributed by atoms with Gasteiger partial charge in [0.25, 0.3) is 0 Å². The van der Waals surface area contributed by atoms with Gasteiger partial charge in [0, 0.05) is 11.5 Å². The van der Waals surface area contributed by atoms with Crippen LogP contribution < -0.4 is 15.1 Å². The maximum Gasteiger partial charge on any atom is 0.343 e. The van der Waals surface area contributed by atoms with Gasteiger partial charge in [-0.25, -0.2) is 9.59 Å². The fourth-order valence-electron chi connectivity index (χ4n) is 3.00. The van der Waals surface area contributed by atoms with Crippen LogP contribution in [0.25, 0.3) is 11.0 Å². The van der Waals surface area contributed by atoms with Gasteiger partial charge in [-0.1, -0.05) is 13.3 Å². The molecule has 3 aromatic carbocycles. The van der Waals surface area contributed by atoms with Gasteiger partial charge in [0.2, 0.25) is 0 Å². The minimum absolute atomic E-state index is 0.354. The van der Waals surface area contributed by atoms with Gasteiger partial charge in [-0.3, -0.25) is 0 Å². The Morgan fingerprint density at radius 2 is 1.52 bits per heavy atom. The number of unbranched alkanes of at least 4 members (excludes halogenated alkanes) is 1. The number of fused-ring (bicyclic) bond motifs is 1. The average molecular weight is 442 g/mol. The normalized spacial score (nSPS) is 11.1. The first-order valence-electron chi connectivity index (χ1n) is 10.6. The van der Waals surface area contributed by atoms with Gasteiger partial charge in [-0.05, 0) is 79.2 Å². The minimum atomic E-state index is -0.506. The van der Waals surface area contributed by atoms with Gasteiger partial charge in [0.05, 0.1) is 23.5 Å². The van der Waals surface area contributed by atoms with Crippen LogP contribution in [0, 0.1) is 0 Å². The molecule has 1 aromatic heterocycles. The van der Waals surface area contributed by atoms with E-state index in [1.54, 1.807) is 48.5 Å². The van der Waals surface area contributed by atoms with Crippen LogP contribution in [0.3, 0.4) is 0 Å². The highest BCUT2D eigenvalue weighted by Crippen LogP contribution is 2.23. The number of carbonyl (C=O) groups is 1. The summed E-state index contributed by atoms with van der Waals surface area (Å²) in [5.74, 6) is 0.655. The summed E-state index contributed by atoms with van der Waals surface area (Å²) in [4.78, 5) is 23.7. The zero-order valence-corrected chi connectivity index (χ0v) is 18.1. The van der Waals surface area contributed by atoms with E-state index < -0.39 is 11.6 Å².